The van der Waals surface area contributed by atoms with Gasteiger partial charge in [0.05, 0.1) is 18.9 Å². The van der Waals surface area contributed by atoms with E-state index in [2.05, 4.69) is 10.6 Å². The Morgan fingerprint density at radius 3 is 3.00 bits per heavy atom. The van der Waals surface area contributed by atoms with E-state index in [1.54, 1.807) is 13.2 Å². The molecule has 1 fully saturated rings. The zero-order valence-electron chi connectivity index (χ0n) is 11.7. The first-order valence-corrected chi connectivity index (χ1v) is 7.39. The normalized spacial score (nSPS) is 17.9. The van der Waals surface area contributed by atoms with Crippen molar-refractivity contribution < 1.29 is 9.47 Å². The Kier molecular flexibility index (Phi) is 5.46. The summed E-state index contributed by atoms with van der Waals surface area (Å²) in [6.07, 6.45) is 2.46. The Balaban J connectivity index is 1.94. The maximum atomic E-state index is 6.08. The van der Waals surface area contributed by atoms with Crippen LogP contribution in [-0.4, -0.2) is 31.5 Å². The number of aryl methyl sites for hydroxylation is 1. The molecule has 0 radical (unpaired) electrons. The Hall–Kier alpha value is -1.04. The van der Waals surface area contributed by atoms with Gasteiger partial charge in [-0.15, -0.1) is 0 Å². The number of halogens is 1. The van der Waals surface area contributed by atoms with Gasteiger partial charge in [-0.1, -0.05) is 11.6 Å². The van der Waals surface area contributed by atoms with Crippen LogP contribution < -0.4 is 15.4 Å². The molecule has 1 heterocycles. The minimum absolute atomic E-state index is 0.253. The predicted molar refractivity (Wildman–Crippen MR) is 85.9 cm³/mol. The molecule has 2 N–H and O–H groups in total. The lowest BCUT2D eigenvalue weighted by molar-refractivity contribution is 0.114. The second kappa shape index (κ2) is 7.11. The topological polar surface area (TPSA) is 42.5 Å². The molecule has 0 amide bonds. The first-order chi connectivity index (χ1) is 9.60. The van der Waals surface area contributed by atoms with E-state index < -0.39 is 0 Å². The highest BCUT2D eigenvalue weighted by Gasteiger charge is 2.15. The van der Waals surface area contributed by atoms with Crippen molar-refractivity contribution in [2.45, 2.75) is 25.9 Å². The first-order valence-electron chi connectivity index (χ1n) is 6.60. The number of anilines is 1. The molecule has 1 aliphatic heterocycles. The summed E-state index contributed by atoms with van der Waals surface area (Å²) in [5.74, 6) is 0.668. The van der Waals surface area contributed by atoms with E-state index in [9.17, 15) is 0 Å². The summed E-state index contributed by atoms with van der Waals surface area (Å²) >= 11 is 11.4. The van der Waals surface area contributed by atoms with Crippen molar-refractivity contribution in [2.24, 2.45) is 0 Å². The van der Waals surface area contributed by atoms with Crippen molar-refractivity contribution in [3.63, 3.8) is 0 Å². The molecule has 0 spiro atoms. The minimum atomic E-state index is 0.253. The fraction of sp³-hybridized carbons (Fsp3) is 0.500. The fourth-order valence-corrected chi connectivity index (χ4v) is 2.46. The molecule has 1 aromatic rings. The van der Waals surface area contributed by atoms with Crippen LogP contribution in [-0.2, 0) is 4.74 Å². The molecule has 6 heteroatoms. The van der Waals surface area contributed by atoms with Gasteiger partial charge >= 0.3 is 0 Å². The molecule has 0 saturated carbocycles. The summed E-state index contributed by atoms with van der Waals surface area (Å²) in [6, 6.07) is 3.70. The molecule has 0 unspecified atom stereocenters. The van der Waals surface area contributed by atoms with Gasteiger partial charge in [0, 0.05) is 24.2 Å². The zero-order valence-corrected chi connectivity index (χ0v) is 13.2. The molecule has 1 atom stereocenters. The molecule has 4 nitrogen and oxygen atoms in total. The zero-order chi connectivity index (χ0) is 14.5. The van der Waals surface area contributed by atoms with Crippen LogP contribution in [0, 0.1) is 6.92 Å². The number of benzene rings is 1. The van der Waals surface area contributed by atoms with Crippen LogP contribution in [0.5, 0.6) is 5.75 Å². The van der Waals surface area contributed by atoms with Crippen LogP contribution in [0.15, 0.2) is 12.1 Å². The lowest BCUT2D eigenvalue weighted by Gasteiger charge is -2.16. The van der Waals surface area contributed by atoms with Crippen LogP contribution in [0.4, 0.5) is 5.69 Å². The molecular formula is C14H19ClN2O2S. The van der Waals surface area contributed by atoms with Gasteiger partial charge in [-0.05, 0) is 43.6 Å². The van der Waals surface area contributed by atoms with Crippen LogP contribution in [0.1, 0.15) is 18.4 Å². The highest BCUT2D eigenvalue weighted by atomic mass is 35.5. The quantitative estimate of drug-likeness (QED) is 0.836. The van der Waals surface area contributed by atoms with E-state index in [4.69, 9.17) is 33.3 Å². The van der Waals surface area contributed by atoms with E-state index in [1.807, 2.05) is 13.0 Å². The standard InChI is InChI=1S/C14H19ClN2O2S/c1-9-6-12(13(18-2)7-11(9)15)17-14(20)16-8-10-4-3-5-19-10/h6-7,10H,3-5,8H2,1-2H3,(H2,16,17,20)/t10-/m0/s1. The number of methoxy groups -OCH3 is 1. The maximum absolute atomic E-state index is 6.08. The Bertz CT molecular complexity index is 490. The molecule has 0 aliphatic carbocycles. The summed E-state index contributed by atoms with van der Waals surface area (Å²) in [5.41, 5.74) is 1.77. The molecule has 1 saturated heterocycles. The van der Waals surface area contributed by atoms with E-state index in [-0.39, 0.29) is 6.10 Å². The van der Waals surface area contributed by atoms with Crippen LogP contribution in [0.3, 0.4) is 0 Å². The number of thiocarbonyl (C=S) groups is 1. The van der Waals surface area contributed by atoms with Crippen LogP contribution >= 0.6 is 23.8 Å². The van der Waals surface area contributed by atoms with Gasteiger partial charge < -0.3 is 20.1 Å². The highest BCUT2D eigenvalue weighted by Crippen LogP contribution is 2.30. The van der Waals surface area contributed by atoms with Crippen molar-refractivity contribution >= 4 is 34.6 Å². The van der Waals surface area contributed by atoms with E-state index in [0.717, 1.165) is 37.2 Å². The van der Waals surface area contributed by atoms with Gasteiger partial charge in [0.2, 0.25) is 0 Å². The SMILES string of the molecule is COc1cc(Cl)c(C)cc1NC(=S)NC[C@@H]1CCCO1. The molecule has 110 valence electrons. The minimum Gasteiger partial charge on any atom is -0.495 e. The van der Waals surface area contributed by atoms with Gasteiger partial charge in [-0.25, -0.2) is 0 Å². The Morgan fingerprint density at radius 1 is 1.55 bits per heavy atom. The van der Waals surface area contributed by atoms with Crippen LogP contribution in [0.25, 0.3) is 0 Å². The first kappa shape index (κ1) is 15.4. The summed E-state index contributed by atoms with van der Waals surface area (Å²) in [6.45, 7) is 3.51. The van der Waals surface area contributed by atoms with Gasteiger partial charge in [0.25, 0.3) is 0 Å². The van der Waals surface area contributed by atoms with Crippen LogP contribution in [0.2, 0.25) is 5.02 Å². The van der Waals surface area contributed by atoms with Gasteiger partial charge in [-0.3, -0.25) is 0 Å². The van der Waals surface area contributed by atoms with Crippen molar-refractivity contribution in [1.29, 1.82) is 0 Å². The average molecular weight is 315 g/mol. The largest absolute Gasteiger partial charge is 0.495 e. The monoisotopic (exact) mass is 314 g/mol. The smallest absolute Gasteiger partial charge is 0.170 e. The second-order valence-corrected chi connectivity index (χ2v) is 5.59. The molecular weight excluding hydrogens is 296 g/mol. The van der Waals surface area contributed by atoms with Crippen molar-refractivity contribution in [3.8, 4) is 5.75 Å². The Morgan fingerprint density at radius 2 is 2.35 bits per heavy atom. The third kappa shape index (κ3) is 3.98. The van der Waals surface area contributed by atoms with Crippen molar-refractivity contribution in [2.75, 3.05) is 25.6 Å². The molecule has 0 aromatic heterocycles. The molecule has 0 bridgehead atoms. The summed E-state index contributed by atoms with van der Waals surface area (Å²) in [5, 5.41) is 7.53. The number of hydrogen-bond acceptors (Lipinski definition) is 3. The molecule has 1 aromatic carbocycles. The van der Waals surface area contributed by atoms with Crippen molar-refractivity contribution in [1.82, 2.24) is 5.32 Å². The predicted octanol–water partition coefficient (Wildman–Crippen LogP) is 3.12. The van der Waals surface area contributed by atoms with Crippen molar-refractivity contribution in [3.05, 3.63) is 22.7 Å². The van der Waals surface area contributed by atoms with E-state index >= 15 is 0 Å². The molecule has 20 heavy (non-hydrogen) atoms. The number of ether oxygens (including phenoxy) is 2. The third-order valence-electron chi connectivity index (χ3n) is 3.24. The lowest BCUT2D eigenvalue weighted by atomic mass is 10.2. The number of hydrogen-bond donors (Lipinski definition) is 2. The second-order valence-electron chi connectivity index (χ2n) is 4.77. The summed E-state index contributed by atoms with van der Waals surface area (Å²) in [7, 11) is 1.61. The van der Waals surface area contributed by atoms with Gasteiger partial charge in [-0.2, -0.15) is 0 Å². The molecule has 1 aliphatic rings. The van der Waals surface area contributed by atoms with Gasteiger partial charge in [0.1, 0.15) is 5.75 Å². The Labute approximate surface area is 129 Å². The van der Waals surface area contributed by atoms with E-state index in [0.29, 0.717) is 15.9 Å². The summed E-state index contributed by atoms with van der Waals surface area (Å²) < 4.78 is 10.8. The summed E-state index contributed by atoms with van der Waals surface area (Å²) in [4.78, 5) is 0. The lowest BCUT2D eigenvalue weighted by Crippen LogP contribution is -2.34. The highest BCUT2D eigenvalue weighted by molar-refractivity contribution is 7.80. The molecule has 2 rings (SSSR count). The van der Waals surface area contributed by atoms with Gasteiger partial charge in [0.15, 0.2) is 5.11 Å². The fourth-order valence-electron chi connectivity index (χ4n) is 2.11. The average Bonchev–Trinajstić information content (AvgIpc) is 2.93. The number of nitrogens with one attached hydrogen (secondary N) is 2. The van der Waals surface area contributed by atoms with E-state index in [1.165, 1.54) is 0 Å². The number of rotatable bonds is 4. The maximum Gasteiger partial charge on any atom is 0.170 e. The third-order valence-corrected chi connectivity index (χ3v) is 3.90.